The van der Waals surface area contributed by atoms with Gasteiger partial charge in [0.25, 0.3) is 5.91 Å². The zero-order chi connectivity index (χ0) is 23.9. The molecule has 0 spiro atoms. The third-order valence-corrected chi connectivity index (χ3v) is 5.95. The quantitative estimate of drug-likeness (QED) is 0.608. The predicted molar refractivity (Wildman–Crippen MR) is 117 cm³/mol. The number of fused-ring (bicyclic) bond motifs is 2. The lowest BCUT2D eigenvalue weighted by atomic mass is 10.0. The minimum Gasteiger partial charge on any atom is -0.497 e. The van der Waals surface area contributed by atoms with E-state index in [-0.39, 0.29) is 34.3 Å². The number of rotatable bonds is 5. The lowest BCUT2D eigenvalue weighted by molar-refractivity contribution is -0.286. The van der Waals surface area contributed by atoms with Crippen molar-refractivity contribution < 1.29 is 32.2 Å². The molecule has 3 aromatic rings. The molecule has 10 heteroatoms. The van der Waals surface area contributed by atoms with Crippen LogP contribution in [-0.2, 0) is 6.54 Å². The highest BCUT2D eigenvalue weighted by molar-refractivity contribution is 5.93. The minimum atomic E-state index is -3.63. The molecular weight excluding hydrogens is 450 g/mol. The van der Waals surface area contributed by atoms with Gasteiger partial charge in [-0.05, 0) is 42.7 Å². The van der Waals surface area contributed by atoms with Crippen LogP contribution in [0.15, 0.2) is 51.7 Å². The molecule has 0 bridgehead atoms. The molecule has 1 amide bonds. The number of amides is 1. The van der Waals surface area contributed by atoms with Crippen LogP contribution in [-0.4, -0.2) is 43.3 Å². The molecule has 2 aliphatic rings. The van der Waals surface area contributed by atoms with Crippen molar-refractivity contribution in [2.75, 3.05) is 20.2 Å². The summed E-state index contributed by atoms with van der Waals surface area (Å²) in [6.07, 6.45) is -2.24. The van der Waals surface area contributed by atoms with Crippen molar-refractivity contribution in [2.45, 2.75) is 31.7 Å². The normalized spacial score (nSPS) is 17.6. The topological polar surface area (TPSA) is 90.2 Å². The molecule has 0 saturated carbocycles. The van der Waals surface area contributed by atoms with Crippen molar-refractivity contribution in [1.82, 2.24) is 10.2 Å². The van der Waals surface area contributed by atoms with Crippen LogP contribution in [0.3, 0.4) is 0 Å². The summed E-state index contributed by atoms with van der Waals surface area (Å²) in [5.74, 6) is 0.0761. The van der Waals surface area contributed by atoms with E-state index >= 15 is 0 Å². The third kappa shape index (κ3) is 4.54. The SMILES string of the molecule is COc1ccc2c(=O)cc(C(=O)NC3CCN(Cc4ccc5c(c4)OC(F)(F)O5)CC3)oc2c1. The monoisotopic (exact) mass is 472 g/mol. The standard InChI is InChI=1S/C24H22F2N2O6/c1-31-16-3-4-17-18(29)12-22(32-20(17)11-16)23(30)27-15-6-8-28(9-7-15)13-14-2-5-19-21(10-14)34-24(25,26)33-19/h2-5,10-12,15H,6-9,13H2,1H3,(H,27,30). The van der Waals surface area contributed by atoms with Gasteiger partial charge < -0.3 is 23.9 Å². The Morgan fingerprint density at radius 1 is 1.12 bits per heavy atom. The van der Waals surface area contributed by atoms with Crippen LogP contribution in [0.2, 0.25) is 0 Å². The van der Waals surface area contributed by atoms with Crippen molar-refractivity contribution in [2.24, 2.45) is 0 Å². The molecule has 34 heavy (non-hydrogen) atoms. The summed E-state index contributed by atoms with van der Waals surface area (Å²) in [6.45, 7) is 1.97. The van der Waals surface area contributed by atoms with Crippen LogP contribution in [0, 0.1) is 0 Å². The summed E-state index contributed by atoms with van der Waals surface area (Å²) in [5, 5.41) is 3.31. The molecule has 178 valence electrons. The van der Waals surface area contributed by atoms with Crippen molar-refractivity contribution in [1.29, 1.82) is 0 Å². The van der Waals surface area contributed by atoms with Crippen molar-refractivity contribution in [3.05, 3.63) is 64.0 Å². The summed E-state index contributed by atoms with van der Waals surface area (Å²) in [5.41, 5.74) is 0.814. The first-order chi connectivity index (χ1) is 16.3. The number of ether oxygens (including phenoxy) is 3. The number of nitrogens with one attached hydrogen (secondary N) is 1. The van der Waals surface area contributed by atoms with Gasteiger partial charge in [-0.2, -0.15) is 0 Å². The molecule has 3 heterocycles. The fraction of sp³-hybridized carbons (Fsp3) is 0.333. The van der Waals surface area contributed by atoms with Gasteiger partial charge >= 0.3 is 6.29 Å². The minimum absolute atomic E-state index is 0.0222. The summed E-state index contributed by atoms with van der Waals surface area (Å²) in [7, 11) is 1.51. The van der Waals surface area contributed by atoms with Crippen LogP contribution < -0.4 is 25.0 Å². The molecule has 5 rings (SSSR count). The van der Waals surface area contributed by atoms with Crippen LogP contribution in [0.5, 0.6) is 17.2 Å². The molecular formula is C24H22F2N2O6. The Labute approximate surface area is 193 Å². The second kappa shape index (κ2) is 8.60. The van der Waals surface area contributed by atoms with Crippen molar-refractivity contribution >= 4 is 16.9 Å². The highest BCUT2D eigenvalue weighted by Gasteiger charge is 2.43. The maximum Gasteiger partial charge on any atom is 0.586 e. The number of nitrogens with zero attached hydrogens (tertiary/aromatic N) is 1. The maximum absolute atomic E-state index is 13.2. The molecule has 2 aliphatic heterocycles. The van der Waals surface area contributed by atoms with E-state index in [0.29, 0.717) is 43.6 Å². The highest BCUT2D eigenvalue weighted by Crippen LogP contribution is 2.41. The van der Waals surface area contributed by atoms with Gasteiger partial charge in [-0.3, -0.25) is 14.5 Å². The lowest BCUT2D eigenvalue weighted by Gasteiger charge is -2.32. The molecule has 8 nitrogen and oxygen atoms in total. The second-order valence-corrected chi connectivity index (χ2v) is 8.31. The number of likely N-dealkylation sites (tertiary alicyclic amines) is 1. The number of alkyl halides is 2. The van der Waals surface area contributed by atoms with E-state index in [1.54, 1.807) is 30.3 Å². The van der Waals surface area contributed by atoms with Gasteiger partial charge in [0.15, 0.2) is 22.7 Å². The Morgan fingerprint density at radius 2 is 1.88 bits per heavy atom. The molecule has 1 fully saturated rings. The summed E-state index contributed by atoms with van der Waals surface area (Å²) in [6, 6.07) is 10.7. The Hall–Kier alpha value is -3.66. The smallest absolute Gasteiger partial charge is 0.497 e. The van der Waals surface area contributed by atoms with E-state index < -0.39 is 12.2 Å². The zero-order valence-corrected chi connectivity index (χ0v) is 18.3. The van der Waals surface area contributed by atoms with E-state index in [0.717, 1.165) is 5.56 Å². The summed E-state index contributed by atoms with van der Waals surface area (Å²) < 4.78 is 46.2. The molecule has 2 aromatic carbocycles. The Balaban J connectivity index is 1.18. The highest BCUT2D eigenvalue weighted by atomic mass is 19.3. The van der Waals surface area contributed by atoms with Crippen molar-refractivity contribution in [3.63, 3.8) is 0 Å². The number of hydrogen-bond acceptors (Lipinski definition) is 7. The Bertz CT molecular complexity index is 1300. The molecule has 0 unspecified atom stereocenters. The molecule has 1 N–H and O–H groups in total. The van der Waals surface area contributed by atoms with E-state index in [2.05, 4.69) is 19.7 Å². The Kier molecular flexibility index (Phi) is 5.60. The molecule has 1 aromatic heterocycles. The second-order valence-electron chi connectivity index (χ2n) is 8.31. The zero-order valence-electron chi connectivity index (χ0n) is 18.3. The molecule has 0 aliphatic carbocycles. The van der Waals surface area contributed by atoms with E-state index in [9.17, 15) is 18.4 Å². The lowest BCUT2D eigenvalue weighted by Crippen LogP contribution is -2.44. The van der Waals surface area contributed by atoms with Gasteiger partial charge in [0, 0.05) is 37.8 Å². The van der Waals surface area contributed by atoms with Gasteiger partial charge in [-0.25, -0.2) is 0 Å². The number of halogens is 2. The summed E-state index contributed by atoms with van der Waals surface area (Å²) in [4.78, 5) is 27.3. The van der Waals surface area contributed by atoms with Gasteiger partial charge in [-0.15, -0.1) is 8.78 Å². The van der Waals surface area contributed by atoms with E-state index in [1.165, 1.54) is 19.2 Å². The third-order valence-electron chi connectivity index (χ3n) is 5.95. The number of carbonyl (C=O) groups is 1. The maximum atomic E-state index is 13.2. The largest absolute Gasteiger partial charge is 0.586 e. The van der Waals surface area contributed by atoms with Crippen molar-refractivity contribution in [3.8, 4) is 17.2 Å². The summed E-state index contributed by atoms with van der Waals surface area (Å²) >= 11 is 0. The van der Waals surface area contributed by atoms with Crippen LogP contribution in [0.1, 0.15) is 29.0 Å². The van der Waals surface area contributed by atoms with Gasteiger partial charge in [-0.1, -0.05) is 6.07 Å². The van der Waals surface area contributed by atoms with Gasteiger partial charge in [0.2, 0.25) is 0 Å². The van der Waals surface area contributed by atoms with E-state index in [4.69, 9.17) is 9.15 Å². The van der Waals surface area contributed by atoms with Crippen LogP contribution in [0.25, 0.3) is 11.0 Å². The average molecular weight is 472 g/mol. The number of carbonyl (C=O) groups excluding carboxylic acids is 1. The molecule has 1 saturated heterocycles. The number of benzene rings is 2. The molecule has 0 atom stereocenters. The number of methoxy groups -OCH3 is 1. The van der Waals surface area contributed by atoms with Crippen LogP contribution in [0.4, 0.5) is 8.78 Å². The molecule has 0 radical (unpaired) electrons. The van der Waals surface area contributed by atoms with Gasteiger partial charge in [0.1, 0.15) is 11.3 Å². The first-order valence-electron chi connectivity index (χ1n) is 10.8. The number of piperidine rings is 1. The fourth-order valence-electron chi connectivity index (χ4n) is 4.22. The first-order valence-corrected chi connectivity index (χ1v) is 10.8. The van der Waals surface area contributed by atoms with Crippen LogP contribution >= 0.6 is 0 Å². The Morgan fingerprint density at radius 3 is 2.65 bits per heavy atom. The van der Waals surface area contributed by atoms with E-state index in [1.807, 2.05) is 0 Å². The van der Waals surface area contributed by atoms with Gasteiger partial charge in [0.05, 0.1) is 12.5 Å². The average Bonchev–Trinajstić information content (AvgIpc) is 3.13. The first kappa shape index (κ1) is 22.1. The predicted octanol–water partition coefficient (Wildman–Crippen LogP) is 3.52. The number of hydrogen-bond donors (Lipinski definition) is 1. The fourth-order valence-corrected chi connectivity index (χ4v) is 4.22.